The number of hydrogen-bond acceptors (Lipinski definition) is 5. The number of ether oxygens (including phenoxy) is 1. The summed E-state index contributed by atoms with van der Waals surface area (Å²) in [5.74, 6) is 0.160. The first-order valence-electron chi connectivity index (χ1n) is 13.2. The fourth-order valence-electron chi connectivity index (χ4n) is 7.00. The van der Waals surface area contributed by atoms with Gasteiger partial charge in [0.2, 0.25) is 15.9 Å². The van der Waals surface area contributed by atoms with Crippen LogP contribution in [0.15, 0.2) is 23.1 Å². The van der Waals surface area contributed by atoms with Gasteiger partial charge in [-0.05, 0) is 88.1 Å². The van der Waals surface area contributed by atoms with Crippen molar-refractivity contribution in [2.45, 2.75) is 68.8 Å². The molecule has 4 atom stereocenters. The van der Waals surface area contributed by atoms with Gasteiger partial charge in [0.15, 0.2) is 0 Å². The summed E-state index contributed by atoms with van der Waals surface area (Å²) in [7, 11) is -3.86. The second kappa shape index (κ2) is 10.4. The maximum absolute atomic E-state index is 14.1. The van der Waals surface area contributed by atoms with E-state index in [1.54, 1.807) is 17.3 Å². The van der Waals surface area contributed by atoms with E-state index in [0.717, 1.165) is 38.8 Å². The number of nitrogens with zero attached hydrogens (tertiary/aromatic N) is 3. The Balaban J connectivity index is 1.40. The number of carbonyl (C=O) groups excluding carboxylic acids is 1. The number of amides is 1. The van der Waals surface area contributed by atoms with E-state index in [9.17, 15) is 17.6 Å². The van der Waals surface area contributed by atoms with Crippen LogP contribution >= 0.6 is 0 Å². The molecule has 0 bridgehead atoms. The Morgan fingerprint density at radius 1 is 1.11 bits per heavy atom. The Labute approximate surface area is 208 Å². The lowest BCUT2D eigenvalue weighted by Gasteiger charge is -2.57. The average Bonchev–Trinajstić information content (AvgIpc) is 2.87. The average molecular weight is 508 g/mol. The highest BCUT2D eigenvalue weighted by Gasteiger charge is 2.51. The van der Waals surface area contributed by atoms with E-state index in [0.29, 0.717) is 69.6 Å². The van der Waals surface area contributed by atoms with Crippen molar-refractivity contribution < 1.29 is 22.3 Å². The molecule has 0 radical (unpaired) electrons. The molecule has 0 unspecified atom stereocenters. The molecular weight excluding hydrogens is 469 g/mol. The number of halogens is 1. The van der Waals surface area contributed by atoms with E-state index in [1.807, 2.05) is 4.90 Å². The van der Waals surface area contributed by atoms with Crippen LogP contribution in [0.1, 0.15) is 50.5 Å². The molecule has 1 aromatic rings. The van der Waals surface area contributed by atoms with Crippen LogP contribution in [-0.2, 0) is 19.6 Å². The molecule has 0 aliphatic carbocycles. The first-order chi connectivity index (χ1) is 16.9. The number of benzene rings is 1. The molecule has 4 aliphatic rings. The normalized spacial score (nSPS) is 30.2. The molecule has 1 amide bonds. The lowest BCUT2D eigenvalue weighted by atomic mass is 9.70. The molecular formula is C26H38FN3O4S. The number of piperidine rings is 3. The van der Waals surface area contributed by atoms with Crippen molar-refractivity contribution in [2.24, 2.45) is 11.8 Å². The molecule has 194 valence electrons. The quantitative estimate of drug-likeness (QED) is 0.592. The van der Waals surface area contributed by atoms with Crippen LogP contribution in [0.25, 0.3) is 0 Å². The van der Waals surface area contributed by atoms with Gasteiger partial charge in [-0.25, -0.2) is 12.8 Å². The SMILES string of the molecule is Cc1ccc(F)cc1S(=O)(=O)N1C[C@@H]2CCCN3CCC[C@@H]([C@H]23)[C@H]1CCCC(=O)N1CCOCC1. The van der Waals surface area contributed by atoms with Crippen molar-refractivity contribution >= 4 is 15.9 Å². The molecule has 1 aromatic carbocycles. The van der Waals surface area contributed by atoms with Crippen LogP contribution in [0.4, 0.5) is 4.39 Å². The summed E-state index contributed by atoms with van der Waals surface area (Å²) < 4.78 is 49.2. The second-order valence-electron chi connectivity index (χ2n) is 10.7. The van der Waals surface area contributed by atoms with Crippen molar-refractivity contribution in [3.8, 4) is 0 Å². The largest absolute Gasteiger partial charge is 0.378 e. The third-order valence-electron chi connectivity index (χ3n) is 8.62. The molecule has 7 nitrogen and oxygen atoms in total. The maximum atomic E-state index is 14.1. The first kappa shape index (κ1) is 25.1. The first-order valence-corrected chi connectivity index (χ1v) is 14.7. The smallest absolute Gasteiger partial charge is 0.243 e. The summed E-state index contributed by atoms with van der Waals surface area (Å²) in [5.41, 5.74) is 0.573. The zero-order valence-electron chi connectivity index (χ0n) is 20.7. The van der Waals surface area contributed by atoms with E-state index < -0.39 is 15.8 Å². The van der Waals surface area contributed by atoms with Gasteiger partial charge in [-0.3, -0.25) is 9.69 Å². The number of morpholine rings is 1. The van der Waals surface area contributed by atoms with Crippen LogP contribution < -0.4 is 0 Å². The highest BCUT2D eigenvalue weighted by atomic mass is 32.2. The van der Waals surface area contributed by atoms with Gasteiger partial charge in [0.05, 0.1) is 18.1 Å². The number of carbonyl (C=O) groups is 1. The Morgan fingerprint density at radius 2 is 1.86 bits per heavy atom. The topological polar surface area (TPSA) is 70.2 Å². The molecule has 0 N–H and O–H groups in total. The lowest BCUT2D eigenvalue weighted by Crippen LogP contribution is -2.65. The van der Waals surface area contributed by atoms with Crippen molar-refractivity contribution in [1.82, 2.24) is 14.1 Å². The summed E-state index contributed by atoms with van der Waals surface area (Å²) in [5, 5.41) is 0. The van der Waals surface area contributed by atoms with E-state index in [-0.39, 0.29) is 22.8 Å². The Morgan fingerprint density at radius 3 is 2.63 bits per heavy atom. The van der Waals surface area contributed by atoms with Gasteiger partial charge in [-0.2, -0.15) is 4.31 Å². The monoisotopic (exact) mass is 507 g/mol. The minimum atomic E-state index is -3.86. The highest BCUT2D eigenvalue weighted by molar-refractivity contribution is 7.89. The minimum absolute atomic E-state index is 0.0776. The van der Waals surface area contributed by atoms with Crippen molar-refractivity contribution in [2.75, 3.05) is 45.9 Å². The molecule has 0 aromatic heterocycles. The summed E-state index contributed by atoms with van der Waals surface area (Å²) in [6.45, 7) is 6.82. The third-order valence-corrected chi connectivity index (χ3v) is 10.6. The van der Waals surface area contributed by atoms with E-state index in [2.05, 4.69) is 4.90 Å². The summed E-state index contributed by atoms with van der Waals surface area (Å²) >= 11 is 0. The molecule has 4 aliphatic heterocycles. The van der Waals surface area contributed by atoms with Gasteiger partial charge < -0.3 is 9.64 Å². The summed E-state index contributed by atoms with van der Waals surface area (Å²) in [6.07, 6.45) is 5.95. The predicted octanol–water partition coefficient (Wildman–Crippen LogP) is 3.03. The predicted molar refractivity (Wildman–Crippen MR) is 131 cm³/mol. The molecule has 5 rings (SSSR count). The van der Waals surface area contributed by atoms with Gasteiger partial charge in [-0.1, -0.05) is 6.07 Å². The minimum Gasteiger partial charge on any atom is -0.378 e. The number of aryl methyl sites for hydroxylation is 1. The summed E-state index contributed by atoms with van der Waals surface area (Å²) in [6, 6.07) is 4.28. The number of sulfonamides is 1. The Kier molecular flexibility index (Phi) is 7.49. The Hall–Kier alpha value is -1.55. The fourth-order valence-corrected chi connectivity index (χ4v) is 9.00. The fraction of sp³-hybridized carbons (Fsp3) is 0.731. The van der Waals surface area contributed by atoms with Gasteiger partial charge >= 0.3 is 0 Å². The molecule has 0 spiro atoms. The van der Waals surface area contributed by atoms with Gasteiger partial charge in [0.1, 0.15) is 5.82 Å². The van der Waals surface area contributed by atoms with E-state index in [1.165, 1.54) is 12.1 Å². The maximum Gasteiger partial charge on any atom is 0.243 e. The Bertz CT molecular complexity index is 1030. The van der Waals surface area contributed by atoms with Crippen molar-refractivity contribution in [1.29, 1.82) is 0 Å². The summed E-state index contributed by atoms with van der Waals surface area (Å²) in [4.78, 5) is 17.3. The van der Waals surface area contributed by atoms with Crippen LogP contribution in [0.3, 0.4) is 0 Å². The number of hydrogen-bond donors (Lipinski definition) is 0. The number of rotatable bonds is 6. The van der Waals surface area contributed by atoms with Crippen LogP contribution in [0.2, 0.25) is 0 Å². The van der Waals surface area contributed by atoms with Gasteiger partial charge in [0.25, 0.3) is 0 Å². The van der Waals surface area contributed by atoms with Crippen LogP contribution in [-0.4, -0.2) is 86.5 Å². The van der Waals surface area contributed by atoms with Crippen LogP contribution in [0.5, 0.6) is 0 Å². The van der Waals surface area contributed by atoms with E-state index in [4.69, 9.17) is 4.74 Å². The van der Waals surface area contributed by atoms with Crippen molar-refractivity contribution in [3.05, 3.63) is 29.6 Å². The van der Waals surface area contributed by atoms with Gasteiger partial charge in [0, 0.05) is 38.1 Å². The molecule has 4 saturated heterocycles. The lowest BCUT2D eigenvalue weighted by molar-refractivity contribution is -0.135. The van der Waals surface area contributed by atoms with E-state index >= 15 is 0 Å². The van der Waals surface area contributed by atoms with Gasteiger partial charge in [-0.15, -0.1) is 0 Å². The zero-order valence-corrected chi connectivity index (χ0v) is 21.5. The van der Waals surface area contributed by atoms with Crippen molar-refractivity contribution in [3.63, 3.8) is 0 Å². The highest BCUT2D eigenvalue weighted by Crippen LogP contribution is 2.45. The second-order valence-corrected chi connectivity index (χ2v) is 12.5. The standard InChI is InChI=1S/C26H38FN3O4S/c1-19-9-10-21(27)17-24(19)35(32,33)30-18-20-5-3-11-29-12-4-6-22(26(20)29)23(30)7-2-8-25(31)28-13-15-34-16-14-28/h9-10,17,20,22-23,26H,2-8,11-16,18H2,1H3/t20-,22+,23+,26-/m0/s1. The molecule has 4 fully saturated rings. The van der Waals surface area contributed by atoms with Crippen LogP contribution in [0, 0.1) is 24.6 Å². The molecule has 0 saturated carbocycles. The molecule has 35 heavy (non-hydrogen) atoms. The zero-order chi connectivity index (χ0) is 24.6. The third kappa shape index (κ3) is 5.02. The molecule has 4 heterocycles. The molecule has 9 heteroatoms.